The second kappa shape index (κ2) is 4.94. The fraction of sp³-hybridized carbons (Fsp3) is 0.286. The number of benzene rings is 1. The summed E-state index contributed by atoms with van der Waals surface area (Å²) in [5, 5.41) is 11.5. The first-order chi connectivity index (χ1) is 8.47. The maximum absolute atomic E-state index is 5.72. The standard InChI is InChI=1S/C14H16ClN3/c1-14(2,3)10-6-4-5-7-11(10)16-13-9-8-12(15)17-18-13/h4-9H,1-3H3,(H,16,18). The van der Waals surface area contributed by atoms with E-state index in [9.17, 15) is 0 Å². The molecule has 2 rings (SSSR count). The van der Waals surface area contributed by atoms with Crippen LogP contribution in [0, 0.1) is 0 Å². The number of nitrogens with one attached hydrogen (secondary N) is 1. The zero-order chi connectivity index (χ0) is 13.2. The molecule has 0 saturated heterocycles. The van der Waals surface area contributed by atoms with Gasteiger partial charge in [0.15, 0.2) is 11.0 Å². The van der Waals surface area contributed by atoms with E-state index in [1.165, 1.54) is 5.56 Å². The quantitative estimate of drug-likeness (QED) is 0.882. The summed E-state index contributed by atoms with van der Waals surface area (Å²) >= 11 is 5.72. The number of halogens is 1. The van der Waals surface area contributed by atoms with Crippen molar-refractivity contribution < 1.29 is 0 Å². The van der Waals surface area contributed by atoms with Crippen LogP contribution in [0.4, 0.5) is 11.5 Å². The lowest BCUT2D eigenvalue weighted by Crippen LogP contribution is -2.13. The largest absolute Gasteiger partial charge is 0.338 e. The monoisotopic (exact) mass is 261 g/mol. The summed E-state index contributed by atoms with van der Waals surface area (Å²) in [4.78, 5) is 0. The van der Waals surface area contributed by atoms with Gasteiger partial charge in [-0.25, -0.2) is 0 Å². The maximum atomic E-state index is 5.72. The molecule has 3 nitrogen and oxygen atoms in total. The van der Waals surface area contributed by atoms with Crippen molar-refractivity contribution in [2.75, 3.05) is 5.32 Å². The van der Waals surface area contributed by atoms with E-state index >= 15 is 0 Å². The van der Waals surface area contributed by atoms with Crippen LogP contribution in [-0.4, -0.2) is 10.2 Å². The van der Waals surface area contributed by atoms with Gasteiger partial charge in [0, 0.05) is 5.69 Å². The molecule has 0 aliphatic carbocycles. The Labute approximate surface area is 112 Å². The summed E-state index contributed by atoms with van der Waals surface area (Å²) in [5.41, 5.74) is 2.35. The molecule has 1 N–H and O–H groups in total. The van der Waals surface area contributed by atoms with Crippen LogP contribution in [0.2, 0.25) is 5.15 Å². The van der Waals surface area contributed by atoms with E-state index in [0.29, 0.717) is 11.0 Å². The van der Waals surface area contributed by atoms with Crippen molar-refractivity contribution >= 4 is 23.1 Å². The average Bonchev–Trinajstić information content (AvgIpc) is 2.31. The van der Waals surface area contributed by atoms with Crippen molar-refractivity contribution in [3.05, 3.63) is 47.1 Å². The molecule has 18 heavy (non-hydrogen) atoms. The Bertz CT molecular complexity index is 529. The van der Waals surface area contributed by atoms with Gasteiger partial charge in [-0.2, -0.15) is 0 Å². The Kier molecular flexibility index (Phi) is 3.53. The molecule has 0 aliphatic rings. The number of para-hydroxylation sites is 1. The van der Waals surface area contributed by atoms with E-state index in [2.05, 4.69) is 42.4 Å². The minimum atomic E-state index is 0.0729. The molecule has 0 radical (unpaired) electrons. The van der Waals surface area contributed by atoms with Crippen molar-refractivity contribution in [3.63, 3.8) is 0 Å². The SMILES string of the molecule is CC(C)(C)c1ccccc1Nc1ccc(Cl)nn1. The first kappa shape index (κ1) is 12.8. The van der Waals surface area contributed by atoms with Crippen molar-refractivity contribution in [1.82, 2.24) is 10.2 Å². The molecular weight excluding hydrogens is 246 g/mol. The zero-order valence-electron chi connectivity index (χ0n) is 10.7. The first-order valence-corrected chi connectivity index (χ1v) is 6.20. The van der Waals surface area contributed by atoms with Crippen molar-refractivity contribution in [2.45, 2.75) is 26.2 Å². The van der Waals surface area contributed by atoms with Gasteiger partial charge in [0.25, 0.3) is 0 Å². The van der Waals surface area contributed by atoms with E-state index in [0.717, 1.165) is 5.69 Å². The third kappa shape index (κ3) is 2.99. The van der Waals surface area contributed by atoms with Gasteiger partial charge < -0.3 is 5.32 Å². The van der Waals surface area contributed by atoms with Crippen LogP contribution in [-0.2, 0) is 5.41 Å². The highest BCUT2D eigenvalue weighted by atomic mass is 35.5. The predicted molar refractivity (Wildman–Crippen MR) is 75.5 cm³/mol. The van der Waals surface area contributed by atoms with Crippen molar-refractivity contribution in [3.8, 4) is 0 Å². The number of rotatable bonds is 2. The molecule has 0 amide bonds. The van der Waals surface area contributed by atoms with Crippen LogP contribution in [0.1, 0.15) is 26.3 Å². The number of hydrogen-bond donors (Lipinski definition) is 1. The highest BCUT2D eigenvalue weighted by molar-refractivity contribution is 6.29. The van der Waals surface area contributed by atoms with E-state index in [4.69, 9.17) is 11.6 Å². The van der Waals surface area contributed by atoms with E-state index in [-0.39, 0.29) is 5.41 Å². The predicted octanol–water partition coefficient (Wildman–Crippen LogP) is 4.17. The summed E-state index contributed by atoms with van der Waals surface area (Å²) in [6, 6.07) is 11.7. The molecule has 0 unspecified atom stereocenters. The molecule has 0 atom stereocenters. The molecular formula is C14H16ClN3. The first-order valence-electron chi connectivity index (χ1n) is 5.82. The fourth-order valence-electron chi connectivity index (χ4n) is 1.77. The van der Waals surface area contributed by atoms with Crippen molar-refractivity contribution in [1.29, 1.82) is 0 Å². The van der Waals surface area contributed by atoms with Gasteiger partial charge in [0.05, 0.1) is 0 Å². The molecule has 1 heterocycles. The molecule has 1 aromatic heterocycles. The maximum Gasteiger partial charge on any atom is 0.153 e. The minimum absolute atomic E-state index is 0.0729. The lowest BCUT2D eigenvalue weighted by atomic mass is 9.86. The number of aromatic nitrogens is 2. The highest BCUT2D eigenvalue weighted by Gasteiger charge is 2.17. The van der Waals surface area contributed by atoms with E-state index in [1.54, 1.807) is 6.07 Å². The summed E-state index contributed by atoms with van der Waals surface area (Å²) < 4.78 is 0. The second-order valence-electron chi connectivity index (χ2n) is 5.16. The zero-order valence-corrected chi connectivity index (χ0v) is 11.5. The van der Waals surface area contributed by atoms with Crippen LogP contribution in [0.15, 0.2) is 36.4 Å². The summed E-state index contributed by atoms with van der Waals surface area (Å²) in [7, 11) is 0. The smallest absolute Gasteiger partial charge is 0.153 e. The van der Waals surface area contributed by atoms with Gasteiger partial charge in [0.1, 0.15) is 0 Å². The Morgan fingerprint density at radius 3 is 2.33 bits per heavy atom. The Hall–Kier alpha value is -1.61. The van der Waals surface area contributed by atoms with Gasteiger partial charge >= 0.3 is 0 Å². The Morgan fingerprint density at radius 1 is 1.00 bits per heavy atom. The third-order valence-corrected chi connectivity index (χ3v) is 2.83. The second-order valence-corrected chi connectivity index (χ2v) is 5.55. The number of nitrogens with zero attached hydrogens (tertiary/aromatic N) is 2. The lowest BCUT2D eigenvalue weighted by molar-refractivity contribution is 0.592. The van der Waals surface area contributed by atoms with Crippen LogP contribution in [0.25, 0.3) is 0 Å². The topological polar surface area (TPSA) is 37.8 Å². The molecule has 4 heteroatoms. The molecule has 2 aromatic rings. The highest BCUT2D eigenvalue weighted by Crippen LogP contribution is 2.30. The Morgan fingerprint density at radius 2 is 1.72 bits per heavy atom. The van der Waals surface area contributed by atoms with Crippen LogP contribution in [0.5, 0.6) is 0 Å². The number of anilines is 2. The molecule has 0 saturated carbocycles. The van der Waals surface area contributed by atoms with Gasteiger partial charge in [-0.15, -0.1) is 10.2 Å². The minimum Gasteiger partial charge on any atom is -0.338 e. The van der Waals surface area contributed by atoms with Gasteiger partial charge in [-0.3, -0.25) is 0 Å². The normalized spacial score (nSPS) is 11.3. The van der Waals surface area contributed by atoms with Crippen LogP contribution >= 0.6 is 11.6 Å². The van der Waals surface area contributed by atoms with Crippen molar-refractivity contribution in [2.24, 2.45) is 0 Å². The fourth-order valence-corrected chi connectivity index (χ4v) is 1.87. The van der Waals surface area contributed by atoms with Crippen LogP contribution in [0.3, 0.4) is 0 Å². The lowest BCUT2D eigenvalue weighted by Gasteiger charge is -2.23. The molecule has 0 aliphatic heterocycles. The van der Waals surface area contributed by atoms with E-state index in [1.807, 2.05) is 24.3 Å². The summed E-state index contributed by atoms with van der Waals surface area (Å²) in [6.07, 6.45) is 0. The van der Waals surface area contributed by atoms with Gasteiger partial charge in [0.2, 0.25) is 0 Å². The average molecular weight is 262 g/mol. The van der Waals surface area contributed by atoms with E-state index < -0.39 is 0 Å². The molecule has 94 valence electrons. The molecule has 0 bridgehead atoms. The van der Waals surface area contributed by atoms with Crippen LogP contribution < -0.4 is 5.32 Å². The van der Waals surface area contributed by atoms with Gasteiger partial charge in [-0.1, -0.05) is 50.6 Å². The molecule has 0 fully saturated rings. The Balaban J connectivity index is 2.32. The summed E-state index contributed by atoms with van der Waals surface area (Å²) in [5.74, 6) is 0.691. The third-order valence-electron chi connectivity index (χ3n) is 2.63. The molecule has 1 aromatic carbocycles. The molecule has 0 spiro atoms. The van der Waals surface area contributed by atoms with Gasteiger partial charge in [-0.05, 0) is 29.2 Å². The summed E-state index contributed by atoms with van der Waals surface area (Å²) in [6.45, 7) is 6.54. The number of hydrogen-bond acceptors (Lipinski definition) is 3.